The maximum absolute atomic E-state index is 11.8. The Morgan fingerprint density at radius 2 is 2.44 bits per heavy atom. The molecule has 0 aromatic carbocycles. The van der Waals surface area contributed by atoms with Gasteiger partial charge in [-0.05, 0) is 38.4 Å². The molecule has 2 heterocycles. The third-order valence-electron chi connectivity index (χ3n) is 2.86. The van der Waals surface area contributed by atoms with E-state index in [-0.39, 0.29) is 11.9 Å². The van der Waals surface area contributed by atoms with Crippen molar-refractivity contribution >= 4 is 5.91 Å². The monoisotopic (exact) mass is 219 g/mol. The van der Waals surface area contributed by atoms with E-state index in [0.29, 0.717) is 11.7 Å². The fraction of sp³-hybridized carbons (Fsp3) is 0.500. The number of carbonyl (C=O) groups is 1. The molecule has 0 saturated carbocycles. The summed E-state index contributed by atoms with van der Waals surface area (Å²) in [6.45, 7) is 3.10. The Labute approximate surface area is 95.5 Å². The van der Waals surface area contributed by atoms with Gasteiger partial charge in [-0.25, -0.2) is 0 Å². The molecule has 4 nitrogen and oxygen atoms in total. The molecule has 0 radical (unpaired) electrons. The first kappa shape index (κ1) is 11.1. The van der Waals surface area contributed by atoms with Gasteiger partial charge in [0.15, 0.2) is 0 Å². The van der Waals surface area contributed by atoms with Gasteiger partial charge < -0.3 is 10.6 Å². The highest BCUT2D eigenvalue weighted by Crippen LogP contribution is 2.08. The Balaban J connectivity index is 1.92. The summed E-state index contributed by atoms with van der Waals surface area (Å²) in [6.07, 6.45) is 3.61. The summed E-state index contributed by atoms with van der Waals surface area (Å²) in [7, 11) is 0. The molecule has 1 aromatic rings. The molecule has 1 fully saturated rings. The van der Waals surface area contributed by atoms with Gasteiger partial charge in [0.05, 0.1) is 0 Å². The summed E-state index contributed by atoms with van der Waals surface area (Å²) in [5.74, 6) is -0.0697. The number of hydrogen-bond acceptors (Lipinski definition) is 3. The van der Waals surface area contributed by atoms with Crippen molar-refractivity contribution in [2.75, 3.05) is 6.54 Å². The molecule has 86 valence electrons. The fourth-order valence-electron chi connectivity index (χ4n) is 2.02. The van der Waals surface area contributed by atoms with Crippen molar-refractivity contribution in [3.05, 3.63) is 30.1 Å². The largest absolute Gasteiger partial charge is 0.348 e. The Hall–Kier alpha value is -1.42. The number of hydrogen-bond donors (Lipinski definition) is 2. The van der Waals surface area contributed by atoms with Crippen LogP contribution >= 0.6 is 0 Å². The van der Waals surface area contributed by atoms with E-state index in [9.17, 15) is 4.79 Å². The van der Waals surface area contributed by atoms with E-state index in [4.69, 9.17) is 0 Å². The molecule has 1 aliphatic heterocycles. The molecule has 0 spiro atoms. The first-order valence-electron chi connectivity index (χ1n) is 5.71. The maximum Gasteiger partial charge on any atom is 0.270 e. The molecule has 1 aliphatic rings. The number of carbonyl (C=O) groups excluding carboxylic acids is 1. The van der Waals surface area contributed by atoms with E-state index in [1.165, 1.54) is 0 Å². The topological polar surface area (TPSA) is 54.0 Å². The lowest BCUT2D eigenvalue weighted by molar-refractivity contribution is 0.0920. The van der Waals surface area contributed by atoms with Crippen molar-refractivity contribution in [2.45, 2.75) is 31.8 Å². The minimum atomic E-state index is -0.0697. The quantitative estimate of drug-likeness (QED) is 0.778. The van der Waals surface area contributed by atoms with Crippen LogP contribution in [0.3, 0.4) is 0 Å². The second kappa shape index (κ2) is 5.07. The van der Waals surface area contributed by atoms with Crippen LogP contribution in [0.15, 0.2) is 24.4 Å². The van der Waals surface area contributed by atoms with Crippen molar-refractivity contribution in [1.82, 2.24) is 15.6 Å². The third kappa shape index (κ3) is 2.79. The Morgan fingerprint density at radius 1 is 1.56 bits per heavy atom. The number of amides is 1. The van der Waals surface area contributed by atoms with E-state index in [1.807, 2.05) is 12.1 Å². The Kier molecular flexibility index (Phi) is 3.51. The highest BCUT2D eigenvalue weighted by Gasteiger charge is 2.20. The van der Waals surface area contributed by atoms with Gasteiger partial charge in [0.2, 0.25) is 0 Å². The number of pyridine rings is 1. The normalized spacial score (nSPS) is 25.1. The van der Waals surface area contributed by atoms with E-state index < -0.39 is 0 Å². The number of rotatable bonds is 2. The molecule has 0 bridgehead atoms. The lowest BCUT2D eigenvalue weighted by Crippen LogP contribution is -2.46. The van der Waals surface area contributed by atoms with Crippen LogP contribution < -0.4 is 10.6 Å². The third-order valence-corrected chi connectivity index (χ3v) is 2.86. The van der Waals surface area contributed by atoms with Gasteiger partial charge in [-0.2, -0.15) is 0 Å². The minimum Gasteiger partial charge on any atom is -0.348 e. The number of nitrogens with zero attached hydrogens (tertiary/aromatic N) is 1. The zero-order valence-corrected chi connectivity index (χ0v) is 9.44. The van der Waals surface area contributed by atoms with Gasteiger partial charge in [0, 0.05) is 18.3 Å². The molecular weight excluding hydrogens is 202 g/mol. The number of aromatic nitrogens is 1. The Bertz CT molecular complexity index is 353. The molecule has 16 heavy (non-hydrogen) atoms. The standard InChI is InChI=1S/C12H17N3O/c1-9-8-10(5-7-13-9)15-12(16)11-4-2-3-6-14-11/h2-4,6,9-10,13H,5,7-8H2,1H3,(H,15,16). The lowest BCUT2D eigenvalue weighted by atomic mass is 10.0. The van der Waals surface area contributed by atoms with E-state index >= 15 is 0 Å². The molecule has 2 N–H and O–H groups in total. The molecule has 2 rings (SSSR count). The molecule has 0 aliphatic carbocycles. The van der Waals surface area contributed by atoms with E-state index in [0.717, 1.165) is 19.4 Å². The van der Waals surface area contributed by atoms with Crippen LogP contribution in [-0.4, -0.2) is 29.5 Å². The van der Waals surface area contributed by atoms with Crippen LogP contribution in [0.25, 0.3) is 0 Å². The highest BCUT2D eigenvalue weighted by atomic mass is 16.1. The van der Waals surface area contributed by atoms with Gasteiger partial charge in [0.25, 0.3) is 5.91 Å². The molecule has 4 heteroatoms. The van der Waals surface area contributed by atoms with Gasteiger partial charge >= 0.3 is 0 Å². The van der Waals surface area contributed by atoms with Crippen LogP contribution in [0.4, 0.5) is 0 Å². The van der Waals surface area contributed by atoms with Gasteiger partial charge in [0.1, 0.15) is 5.69 Å². The van der Waals surface area contributed by atoms with Crippen LogP contribution in [-0.2, 0) is 0 Å². The first-order valence-corrected chi connectivity index (χ1v) is 5.71. The summed E-state index contributed by atoms with van der Waals surface area (Å²) < 4.78 is 0. The van der Waals surface area contributed by atoms with E-state index in [1.54, 1.807) is 12.3 Å². The predicted octanol–water partition coefficient (Wildman–Crippen LogP) is 0.952. The maximum atomic E-state index is 11.8. The lowest BCUT2D eigenvalue weighted by Gasteiger charge is -2.28. The average molecular weight is 219 g/mol. The smallest absolute Gasteiger partial charge is 0.270 e. The fourth-order valence-corrected chi connectivity index (χ4v) is 2.02. The van der Waals surface area contributed by atoms with Crippen LogP contribution in [0.5, 0.6) is 0 Å². The van der Waals surface area contributed by atoms with Crippen molar-refractivity contribution < 1.29 is 4.79 Å². The van der Waals surface area contributed by atoms with Gasteiger partial charge in [-0.3, -0.25) is 9.78 Å². The van der Waals surface area contributed by atoms with E-state index in [2.05, 4.69) is 22.5 Å². The van der Waals surface area contributed by atoms with Crippen LogP contribution in [0.2, 0.25) is 0 Å². The zero-order valence-electron chi connectivity index (χ0n) is 9.44. The van der Waals surface area contributed by atoms with Crippen molar-refractivity contribution in [1.29, 1.82) is 0 Å². The molecule has 2 unspecified atom stereocenters. The predicted molar refractivity (Wildman–Crippen MR) is 62.2 cm³/mol. The minimum absolute atomic E-state index is 0.0697. The second-order valence-electron chi connectivity index (χ2n) is 4.26. The molecule has 1 aromatic heterocycles. The Morgan fingerprint density at radius 3 is 3.12 bits per heavy atom. The summed E-state index contributed by atoms with van der Waals surface area (Å²) in [4.78, 5) is 15.9. The zero-order chi connectivity index (χ0) is 11.4. The van der Waals surface area contributed by atoms with Crippen molar-refractivity contribution in [2.24, 2.45) is 0 Å². The number of piperidine rings is 1. The summed E-state index contributed by atoms with van der Waals surface area (Å²) >= 11 is 0. The van der Waals surface area contributed by atoms with Crippen LogP contribution in [0.1, 0.15) is 30.3 Å². The van der Waals surface area contributed by atoms with Crippen molar-refractivity contribution in [3.8, 4) is 0 Å². The van der Waals surface area contributed by atoms with Crippen LogP contribution in [0, 0.1) is 0 Å². The molecule has 1 amide bonds. The first-order chi connectivity index (χ1) is 7.75. The second-order valence-corrected chi connectivity index (χ2v) is 4.26. The summed E-state index contributed by atoms with van der Waals surface area (Å²) in [6, 6.07) is 6.12. The van der Waals surface area contributed by atoms with Gasteiger partial charge in [-0.1, -0.05) is 6.07 Å². The average Bonchev–Trinajstić information content (AvgIpc) is 2.30. The highest BCUT2D eigenvalue weighted by molar-refractivity contribution is 5.92. The summed E-state index contributed by atoms with van der Waals surface area (Å²) in [5.41, 5.74) is 0.494. The molecular formula is C12H17N3O. The molecule has 2 atom stereocenters. The SMILES string of the molecule is CC1CC(NC(=O)c2ccccn2)CCN1. The number of nitrogens with one attached hydrogen (secondary N) is 2. The molecule has 1 saturated heterocycles. The summed E-state index contributed by atoms with van der Waals surface area (Å²) in [5, 5.41) is 6.38. The van der Waals surface area contributed by atoms with Gasteiger partial charge in [-0.15, -0.1) is 0 Å². The van der Waals surface area contributed by atoms with Crippen molar-refractivity contribution in [3.63, 3.8) is 0 Å².